The summed E-state index contributed by atoms with van der Waals surface area (Å²) in [4.78, 5) is 25.2. The molecule has 8 heteroatoms. The molecule has 2 aromatic rings. The third-order valence-electron chi connectivity index (χ3n) is 5.70. The molecule has 1 atom stereocenters. The largest absolute Gasteiger partial charge is 0.479 e. The average Bonchev–Trinajstić information content (AvgIpc) is 3.14. The fraction of sp³-hybridized carbons (Fsp3) is 0.500. The number of anilines is 1. The summed E-state index contributed by atoms with van der Waals surface area (Å²) in [7, 11) is 1.32. The van der Waals surface area contributed by atoms with E-state index >= 15 is 0 Å². The fourth-order valence-corrected chi connectivity index (χ4v) is 6.00. The predicted octanol–water partition coefficient (Wildman–Crippen LogP) is 6.29. The lowest BCUT2D eigenvalue weighted by atomic mass is 9.84. The van der Waals surface area contributed by atoms with E-state index in [2.05, 4.69) is 40.3 Å². The zero-order chi connectivity index (χ0) is 23.1. The Kier molecular flexibility index (Phi) is 8.99. The Morgan fingerprint density at radius 3 is 2.69 bits per heavy atom. The molecular formula is C24H30BrNO5S. The van der Waals surface area contributed by atoms with Crippen molar-refractivity contribution in [2.24, 2.45) is 5.92 Å². The Morgan fingerprint density at radius 1 is 1.25 bits per heavy atom. The van der Waals surface area contributed by atoms with Gasteiger partial charge in [-0.1, -0.05) is 31.4 Å². The molecule has 1 aromatic heterocycles. The van der Waals surface area contributed by atoms with Gasteiger partial charge in [0.1, 0.15) is 0 Å². The van der Waals surface area contributed by atoms with E-state index < -0.39 is 11.9 Å². The summed E-state index contributed by atoms with van der Waals surface area (Å²) in [6.45, 7) is 3.96. The molecule has 0 bridgehead atoms. The first-order chi connectivity index (χ1) is 15.4. The first kappa shape index (κ1) is 24.6. The van der Waals surface area contributed by atoms with Crippen LogP contribution >= 0.6 is 27.3 Å². The maximum absolute atomic E-state index is 12.3. The summed E-state index contributed by atoms with van der Waals surface area (Å²) < 4.78 is 16.1. The van der Waals surface area contributed by atoms with Gasteiger partial charge in [0.15, 0.2) is 17.2 Å². The van der Waals surface area contributed by atoms with Gasteiger partial charge in [-0.25, -0.2) is 9.59 Å². The highest BCUT2D eigenvalue weighted by atomic mass is 79.9. The maximum atomic E-state index is 12.3. The summed E-state index contributed by atoms with van der Waals surface area (Å²) in [6.07, 6.45) is 6.50. The monoisotopic (exact) mass is 523 g/mol. The van der Waals surface area contributed by atoms with Gasteiger partial charge in [0, 0.05) is 11.7 Å². The zero-order valence-electron chi connectivity index (χ0n) is 18.7. The maximum Gasteiger partial charge on any atom is 0.351 e. The number of rotatable bonds is 9. The first-order valence-electron chi connectivity index (χ1n) is 11.0. The van der Waals surface area contributed by atoms with Crippen LogP contribution in [0.4, 0.5) is 5.69 Å². The summed E-state index contributed by atoms with van der Waals surface area (Å²) in [6, 6.07) is 8.51. The smallest absolute Gasteiger partial charge is 0.351 e. The number of carbonyl (C=O) groups is 2. The molecule has 0 saturated heterocycles. The number of thiophene rings is 1. The average molecular weight is 524 g/mol. The Hall–Kier alpha value is -2.06. The van der Waals surface area contributed by atoms with Gasteiger partial charge in [0.25, 0.3) is 0 Å². The molecule has 1 heterocycles. The number of benzene rings is 1. The highest BCUT2D eigenvalue weighted by Crippen LogP contribution is 2.46. The van der Waals surface area contributed by atoms with Crippen molar-refractivity contribution < 1.29 is 23.8 Å². The Bertz CT molecular complexity index is 938. The van der Waals surface area contributed by atoms with Gasteiger partial charge in [-0.05, 0) is 66.2 Å². The van der Waals surface area contributed by atoms with Crippen molar-refractivity contribution in [3.8, 4) is 16.2 Å². The molecule has 3 rings (SSSR count). The van der Waals surface area contributed by atoms with E-state index in [0.717, 1.165) is 16.1 Å². The normalized spacial score (nSPS) is 15.1. The van der Waals surface area contributed by atoms with Crippen LogP contribution in [0.2, 0.25) is 0 Å². The summed E-state index contributed by atoms with van der Waals surface area (Å²) in [5.41, 5.74) is 1.98. The van der Waals surface area contributed by atoms with E-state index in [1.54, 1.807) is 6.92 Å². The van der Waals surface area contributed by atoms with Crippen LogP contribution in [0.25, 0.3) is 10.4 Å². The molecule has 1 fully saturated rings. The Balaban J connectivity index is 1.84. The minimum absolute atomic E-state index is 0.265. The third-order valence-corrected chi connectivity index (χ3v) is 7.91. The van der Waals surface area contributed by atoms with Crippen molar-refractivity contribution in [2.75, 3.05) is 25.6 Å². The van der Waals surface area contributed by atoms with Gasteiger partial charge >= 0.3 is 11.9 Å². The van der Waals surface area contributed by atoms with Crippen molar-refractivity contribution >= 4 is 44.9 Å². The van der Waals surface area contributed by atoms with Crippen molar-refractivity contribution in [3.05, 3.63) is 33.6 Å². The van der Waals surface area contributed by atoms with Crippen LogP contribution in [0.5, 0.6) is 5.75 Å². The second-order valence-electron chi connectivity index (χ2n) is 7.90. The number of hydrogen-bond donors (Lipinski definition) is 1. The van der Waals surface area contributed by atoms with Gasteiger partial charge in [-0.15, -0.1) is 11.3 Å². The number of halogens is 1. The van der Waals surface area contributed by atoms with E-state index in [4.69, 9.17) is 14.2 Å². The van der Waals surface area contributed by atoms with E-state index in [-0.39, 0.29) is 13.2 Å². The molecule has 1 aromatic carbocycles. The highest BCUT2D eigenvalue weighted by molar-refractivity contribution is 9.10. The molecule has 1 aliphatic carbocycles. The third kappa shape index (κ3) is 6.04. The second-order valence-corrected chi connectivity index (χ2v) is 9.71. The van der Waals surface area contributed by atoms with Crippen LogP contribution < -0.4 is 10.1 Å². The van der Waals surface area contributed by atoms with Crippen LogP contribution in [-0.2, 0) is 14.3 Å². The van der Waals surface area contributed by atoms with Crippen LogP contribution in [0, 0.1) is 5.92 Å². The number of methoxy groups -OCH3 is 1. The van der Waals surface area contributed by atoms with Crippen molar-refractivity contribution in [1.29, 1.82) is 0 Å². The van der Waals surface area contributed by atoms with Crippen LogP contribution in [0.3, 0.4) is 0 Å². The lowest BCUT2D eigenvalue weighted by Gasteiger charge is -2.29. The van der Waals surface area contributed by atoms with Gasteiger partial charge in [-0.3, -0.25) is 0 Å². The minimum atomic E-state index is -0.513. The molecule has 0 radical (unpaired) electrons. The van der Waals surface area contributed by atoms with E-state index in [0.29, 0.717) is 27.1 Å². The molecule has 174 valence electrons. The predicted molar refractivity (Wildman–Crippen MR) is 131 cm³/mol. The van der Waals surface area contributed by atoms with Crippen LogP contribution in [0.15, 0.2) is 28.7 Å². The molecule has 0 amide bonds. The zero-order valence-corrected chi connectivity index (χ0v) is 21.1. The molecule has 1 aliphatic rings. The topological polar surface area (TPSA) is 73.9 Å². The first-order valence-corrected chi connectivity index (χ1v) is 12.6. The number of nitrogens with one attached hydrogen (secondary N) is 1. The van der Waals surface area contributed by atoms with Gasteiger partial charge in [0.05, 0.1) is 23.1 Å². The number of esters is 2. The van der Waals surface area contributed by atoms with Gasteiger partial charge in [-0.2, -0.15) is 0 Å². The quantitative estimate of drug-likeness (QED) is 0.389. The molecule has 1 saturated carbocycles. The molecule has 0 spiro atoms. The number of hydrogen-bond acceptors (Lipinski definition) is 7. The number of carbonyl (C=O) groups excluding carboxylic acids is 2. The molecular weight excluding hydrogens is 494 g/mol. The van der Waals surface area contributed by atoms with E-state index in [1.807, 2.05) is 12.1 Å². The van der Waals surface area contributed by atoms with Gasteiger partial charge < -0.3 is 19.5 Å². The number of ether oxygens (including phenoxy) is 3. The van der Waals surface area contributed by atoms with Crippen molar-refractivity contribution in [1.82, 2.24) is 0 Å². The van der Waals surface area contributed by atoms with E-state index in [1.165, 1.54) is 50.6 Å². The molecule has 1 unspecified atom stereocenters. The van der Waals surface area contributed by atoms with Crippen LogP contribution in [0.1, 0.15) is 55.6 Å². The molecule has 1 N–H and O–H groups in total. The lowest BCUT2D eigenvalue weighted by Crippen LogP contribution is -2.27. The summed E-state index contributed by atoms with van der Waals surface area (Å²) >= 11 is 4.83. The van der Waals surface area contributed by atoms with Gasteiger partial charge in [0.2, 0.25) is 0 Å². The molecule has 6 nitrogen and oxygen atoms in total. The summed E-state index contributed by atoms with van der Waals surface area (Å²) in [5.74, 6) is -0.0274. The second kappa shape index (κ2) is 11.7. The van der Waals surface area contributed by atoms with E-state index in [9.17, 15) is 9.59 Å². The van der Waals surface area contributed by atoms with Crippen molar-refractivity contribution in [3.63, 3.8) is 0 Å². The van der Waals surface area contributed by atoms with Crippen LogP contribution in [-0.4, -0.2) is 38.3 Å². The fourth-order valence-electron chi connectivity index (χ4n) is 4.04. The SMILES string of the molecule is CCOC(=O)COc1c(C(=O)OC)sc(-c2cccc(NC(C)C3CCCCC3)c2)c1Br. The highest BCUT2D eigenvalue weighted by Gasteiger charge is 2.26. The molecule has 0 aliphatic heterocycles. The lowest BCUT2D eigenvalue weighted by molar-refractivity contribution is -0.145. The summed E-state index contributed by atoms with van der Waals surface area (Å²) in [5, 5.41) is 3.66. The minimum Gasteiger partial charge on any atom is -0.479 e. The Labute approximate surface area is 201 Å². The Morgan fingerprint density at radius 2 is 2.00 bits per heavy atom. The van der Waals surface area contributed by atoms with Crippen molar-refractivity contribution in [2.45, 2.75) is 52.0 Å². The standard InChI is InChI=1S/C24H30BrNO5S/c1-4-30-19(27)14-31-21-20(25)22(32-23(21)24(28)29-3)17-11-8-12-18(13-17)26-15(2)16-9-6-5-7-10-16/h8,11-13,15-16,26H,4-7,9-10,14H2,1-3H3. The molecule has 32 heavy (non-hydrogen) atoms.